The van der Waals surface area contributed by atoms with Crippen LogP contribution in [0.4, 0.5) is 0 Å². The van der Waals surface area contributed by atoms with Gasteiger partial charge in [-0.3, -0.25) is 4.79 Å². The summed E-state index contributed by atoms with van der Waals surface area (Å²) < 4.78 is 5.71. The topological polar surface area (TPSA) is 71.8 Å². The van der Waals surface area contributed by atoms with Crippen LogP contribution < -0.4 is 5.56 Å². The number of rotatable bonds is 4. The normalized spacial score (nSPS) is 11.5. The molecule has 4 heterocycles. The van der Waals surface area contributed by atoms with Crippen molar-refractivity contribution < 1.29 is 4.42 Å². The number of fused-ring (bicyclic) bond motifs is 2. The van der Waals surface area contributed by atoms with E-state index >= 15 is 0 Å². The van der Waals surface area contributed by atoms with Crippen LogP contribution in [0, 0.1) is 0 Å². The SMILES string of the molecule is O=c1[nH]c(SCc2nc3ccccc3o2)nc2scc(-c3cccs3)c12. The Bertz CT molecular complexity index is 1240. The molecule has 0 radical (unpaired) electrons. The third kappa shape index (κ3) is 2.76. The molecule has 0 amide bonds. The number of nitrogens with one attached hydrogen (secondary N) is 1. The van der Waals surface area contributed by atoms with Gasteiger partial charge in [-0.2, -0.15) is 0 Å². The molecule has 0 atom stereocenters. The van der Waals surface area contributed by atoms with Crippen LogP contribution in [-0.4, -0.2) is 15.0 Å². The molecule has 8 heteroatoms. The van der Waals surface area contributed by atoms with Crippen molar-refractivity contribution in [3.63, 3.8) is 0 Å². The van der Waals surface area contributed by atoms with E-state index in [0.29, 0.717) is 22.2 Å². The van der Waals surface area contributed by atoms with E-state index in [9.17, 15) is 4.79 Å². The van der Waals surface area contributed by atoms with Crippen LogP contribution in [0.25, 0.3) is 31.8 Å². The molecule has 128 valence electrons. The van der Waals surface area contributed by atoms with Crippen LogP contribution in [0.1, 0.15) is 5.89 Å². The Kier molecular flexibility index (Phi) is 3.88. The Morgan fingerprint density at radius 3 is 2.88 bits per heavy atom. The second kappa shape index (κ2) is 6.39. The molecule has 0 bridgehead atoms. The Morgan fingerprint density at radius 1 is 1.12 bits per heavy atom. The number of H-pyrrole nitrogens is 1. The quantitative estimate of drug-likeness (QED) is 0.335. The first kappa shape index (κ1) is 15.8. The summed E-state index contributed by atoms with van der Waals surface area (Å²) in [5.41, 5.74) is 2.43. The largest absolute Gasteiger partial charge is 0.440 e. The molecule has 0 aliphatic rings. The van der Waals surface area contributed by atoms with E-state index in [0.717, 1.165) is 26.4 Å². The Morgan fingerprint density at radius 2 is 2.04 bits per heavy atom. The lowest BCUT2D eigenvalue weighted by Crippen LogP contribution is -2.08. The summed E-state index contributed by atoms with van der Waals surface area (Å²) in [6.07, 6.45) is 0. The van der Waals surface area contributed by atoms with Crippen molar-refractivity contribution in [1.82, 2.24) is 15.0 Å². The Labute approximate surface area is 159 Å². The van der Waals surface area contributed by atoms with Gasteiger partial charge in [-0.05, 0) is 23.6 Å². The summed E-state index contributed by atoms with van der Waals surface area (Å²) in [5, 5.41) is 5.23. The standard InChI is InChI=1S/C18H11N3O2S3/c22-16-15-10(13-6-3-7-24-13)8-25-17(15)21-18(20-16)26-9-14-19-11-4-1-2-5-12(11)23-14/h1-8H,9H2,(H,20,21,22). The molecular weight excluding hydrogens is 386 g/mol. The van der Waals surface area contributed by atoms with Crippen LogP contribution in [0.2, 0.25) is 0 Å². The second-order valence-electron chi connectivity index (χ2n) is 5.54. The molecular formula is C18H11N3O2S3. The highest BCUT2D eigenvalue weighted by Crippen LogP contribution is 2.34. The minimum Gasteiger partial charge on any atom is -0.440 e. The number of para-hydroxylation sites is 2. The number of nitrogens with zero attached hydrogens (tertiary/aromatic N) is 2. The van der Waals surface area contributed by atoms with Gasteiger partial charge >= 0.3 is 0 Å². The zero-order valence-electron chi connectivity index (χ0n) is 13.3. The van der Waals surface area contributed by atoms with Gasteiger partial charge in [0.05, 0.1) is 11.1 Å². The third-order valence-electron chi connectivity index (χ3n) is 3.88. The maximum atomic E-state index is 12.6. The fourth-order valence-corrected chi connectivity index (χ4v) is 5.25. The maximum absolute atomic E-state index is 12.6. The molecule has 5 nitrogen and oxygen atoms in total. The maximum Gasteiger partial charge on any atom is 0.260 e. The van der Waals surface area contributed by atoms with E-state index < -0.39 is 0 Å². The smallest absolute Gasteiger partial charge is 0.260 e. The molecule has 26 heavy (non-hydrogen) atoms. The van der Waals surface area contributed by atoms with E-state index in [4.69, 9.17) is 4.42 Å². The zero-order valence-corrected chi connectivity index (χ0v) is 15.7. The molecule has 4 aromatic heterocycles. The first-order chi connectivity index (χ1) is 12.8. The van der Waals surface area contributed by atoms with Crippen LogP contribution in [0.15, 0.2) is 61.5 Å². The number of benzene rings is 1. The van der Waals surface area contributed by atoms with E-state index in [1.54, 1.807) is 11.3 Å². The van der Waals surface area contributed by atoms with Crippen molar-refractivity contribution in [2.45, 2.75) is 10.9 Å². The molecule has 1 aromatic carbocycles. The highest BCUT2D eigenvalue weighted by Gasteiger charge is 2.14. The zero-order chi connectivity index (χ0) is 17.5. The molecule has 0 aliphatic heterocycles. The van der Waals surface area contributed by atoms with E-state index in [2.05, 4.69) is 15.0 Å². The molecule has 0 unspecified atom stereocenters. The molecule has 5 rings (SSSR count). The Balaban J connectivity index is 1.45. The predicted octanol–water partition coefficient (Wildman–Crippen LogP) is 5.15. The van der Waals surface area contributed by atoms with Crippen molar-refractivity contribution in [3.05, 3.63) is 63.4 Å². The lowest BCUT2D eigenvalue weighted by atomic mass is 10.2. The van der Waals surface area contributed by atoms with Gasteiger partial charge in [-0.25, -0.2) is 9.97 Å². The molecule has 1 N–H and O–H groups in total. The fourth-order valence-electron chi connectivity index (χ4n) is 2.72. The van der Waals surface area contributed by atoms with Crippen molar-refractivity contribution >= 4 is 55.8 Å². The van der Waals surface area contributed by atoms with Gasteiger partial charge < -0.3 is 9.40 Å². The number of hydrogen-bond donors (Lipinski definition) is 1. The summed E-state index contributed by atoms with van der Waals surface area (Å²) in [5.74, 6) is 1.12. The van der Waals surface area contributed by atoms with E-state index in [1.165, 1.54) is 23.1 Å². The van der Waals surface area contributed by atoms with E-state index in [1.807, 2.05) is 47.2 Å². The summed E-state index contributed by atoms with van der Waals surface area (Å²) in [7, 11) is 0. The first-order valence-electron chi connectivity index (χ1n) is 7.80. The van der Waals surface area contributed by atoms with Gasteiger partial charge in [0.25, 0.3) is 5.56 Å². The van der Waals surface area contributed by atoms with Crippen molar-refractivity contribution in [1.29, 1.82) is 0 Å². The summed E-state index contributed by atoms with van der Waals surface area (Å²) >= 11 is 4.52. The average Bonchev–Trinajstić information content (AvgIpc) is 3.37. The number of thioether (sulfide) groups is 1. The highest BCUT2D eigenvalue weighted by molar-refractivity contribution is 7.98. The van der Waals surface area contributed by atoms with E-state index in [-0.39, 0.29) is 5.56 Å². The van der Waals surface area contributed by atoms with Crippen LogP contribution >= 0.6 is 34.4 Å². The molecule has 0 aliphatic carbocycles. The van der Waals surface area contributed by atoms with Crippen molar-refractivity contribution in [2.24, 2.45) is 0 Å². The van der Waals surface area contributed by atoms with Crippen LogP contribution in [0.3, 0.4) is 0 Å². The lowest BCUT2D eigenvalue weighted by Gasteiger charge is -1.99. The van der Waals surface area contributed by atoms with Gasteiger partial charge in [0.15, 0.2) is 10.7 Å². The minimum absolute atomic E-state index is 0.111. The van der Waals surface area contributed by atoms with Crippen LogP contribution in [0.5, 0.6) is 0 Å². The molecule has 0 fully saturated rings. The number of aromatic nitrogens is 3. The first-order valence-corrected chi connectivity index (χ1v) is 10.5. The number of aromatic amines is 1. The van der Waals surface area contributed by atoms with Gasteiger partial charge in [0, 0.05) is 15.8 Å². The molecule has 0 spiro atoms. The van der Waals surface area contributed by atoms with Gasteiger partial charge in [-0.1, -0.05) is 30.0 Å². The summed E-state index contributed by atoms with van der Waals surface area (Å²) in [6.45, 7) is 0. The highest BCUT2D eigenvalue weighted by atomic mass is 32.2. The molecule has 0 saturated carbocycles. The Hall–Kier alpha value is -2.42. The summed E-state index contributed by atoms with van der Waals surface area (Å²) in [4.78, 5) is 26.3. The number of oxazole rings is 1. The second-order valence-corrected chi connectivity index (χ2v) is 8.31. The number of thiophene rings is 2. The fraction of sp³-hybridized carbons (Fsp3) is 0.0556. The van der Waals surface area contributed by atoms with Crippen molar-refractivity contribution in [2.75, 3.05) is 0 Å². The number of hydrogen-bond acceptors (Lipinski definition) is 7. The monoisotopic (exact) mass is 397 g/mol. The lowest BCUT2D eigenvalue weighted by molar-refractivity contribution is 0.556. The van der Waals surface area contributed by atoms with Gasteiger partial charge in [0.1, 0.15) is 10.3 Å². The minimum atomic E-state index is -0.111. The predicted molar refractivity (Wildman–Crippen MR) is 107 cm³/mol. The van der Waals surface area contributed by atoms with Crippen molar-refractivity contribution in [3.8, 4) is 10.4 Å². The third-order valence-corrected chi connectivity index (χ3v) is 6.51. The van der Waals surface area contributed by atoms with Gasteiger partial charge in [-0.15, -0.1) is 22.7 Å². The summed E-state index contributed by atoms with van der Waals surface area (Å²) in [6, 6.07) is 11.6. The van der Waals surface area contributed by atoms with Crippen LogP contribution in [-0.2, 0) is 5.75 Å². The molecule has 0 saturated heterocycles. The average molecular weight is 398 g/mol. The molecule has 5 aromatic rings. The van der Waals surface area contributed by atoms with Gasteiger partial charge in [0.2, 0.25) is 5.89 Å².